The van der Waals surface area contributed by atoms with Crippen molar-refractivity contribution in [2.75, 3.05) is 19.8 Å². The molecule has 93 heavy (non-hydrogen) atoms. The maximum atomic E-state index is 13.1. The molecule has 0 radical (unpaired) electrons. The zero-order valence-electron chi connectivity index (χ0n) is 58.5. The van der Waals surface area contributed by atoms with Gasteiger partial charge >= 0.3 is 0 Å². The van der Waals surface area contributed by atoms with Crippen molar-refractivity contribution in [1.29, 1.82) is 0 Å². The number of carbonyl (C=O) groups is 2. The number of nitrogens with one attached hydrogen (secondary N) is 2. The van der Waals surface area contributed by atoms with E-state index in [1.807, 2.05) is 0 Å². The molecule has 0 bridgehead atoms. The van der Waals surface area contributed by atoms with Crippen LogP contribution in [0.25, 0.3) is 0 Å². The second-order valence-corrected chi connectivity index (χ2v) is 29.0. The highest BCUT2D eigenvalue weighted by molar-refractivity contribution is 7.59. The van der Waals surface area contributed by atoms with Crippen LogP contribution in [-0.2, 0) is 51.0 Å². The Morgan fingerprint density at radius 1 is 0.505 bits per heavy atom. The second-order valence-electron chi connectivity index (χ2n) is 26.1. The fourth-order valence-corrected chi connectivity index (χ4v) is 13.0. The summed E-state index contributed by atoms with van der Waals surface area (Å²) < 4.78 is 63.3. The topological polar surface area (TPSA) is 284 Å². The lowest BCUT2D eigenvalue weighted by Crippen LogP contribution is -2.72. The first kappa shape index (κ1) is 83.2. The molecule has 19 nitrogen and oxygen atoms in total. The van der Waals surface area contributed by atoms with Crippen LogP contribution < -0.4 is 20.4 Å². The van der Waals surface area contributed by atoms with Crippen molar-refractivity contribution in [3.05, 3.63) is 128 Å². The van der Waals surface area contributed by atoms with Crippen LogP contribution in [0.2, 0.25) is 0 Å². The van der Waals surface area contributed by atoms with E-state index in [0.717, 1.165) is 128 Å². The average molecular weight is 1340 g/mol. The van der Waals surface area contributed by atoms with E-state index in [4.69, 9.17) is 28.0 Å². The first-order valence-electron chi connectivity index (χ1n) is 33.6. The number of hydrogen-bond acceptors (Lipinski definition) is 17. The minimum atomic E-state index is -5.88. The Labute approximate surface area is 557 Å². The molecule has 528 valence electrons. The lowest BCUT2D eigenvalue weighted by molar-refractivity contribution is -0.339. The highest BCUT2D eigenvalue weighted by Gasteiger charge is 2.56. The zero-order valence-corrected chi connectivity index (χ0v) is 60.2. The Morgan fingerprint density at radius 3 is 1.19 bits per heavy atom. The molecule has 21 heteroatoms. The van der Waals surface area contributed by atoms with Crippen molar-refractivity contribution in [3.63, 3.8) is 0 Å². The third kappa shape index (κ3) is 34.2. The van der Waals surface area contributed by atoms with Crippen molar-refractivity contribution in [1.82, 2.24) is 10.6 Å². The molecular formula is C72H116N2O17P2-2. The number of aliphatic hydroxyl groups is 4. The predicted octanol–water partition coefficient (Wildman–Crippen LogP) is 13.5. The molecule has 6 N–H and O–H groups in total. The fourth-order valence-electron chi connectivity index (χ4n) is 11.0. The summed E-state index contributed by atoms with van der Waals surface area (Å²) in [5.74, 6) is -1.40. The van der Waals surface area contributed by atoms with Crippen molar-refractivity contribution in [2.24, 2.45) is 0 Å². The van der Waals surface area contributed by atoms with Crippen molar-refractivity contribution in [2.45, 2.75) is 293 Å². The van der Waals surface area contributed by atoms with Crippen molar-refractivity contribution < 1.29 is 81.2 Å². The number of amides is 2. The second kappa shape index (κ2) is 44.0. The highest BCUT2D eigenvalue weighted by Crippen LogP contribution is 2.57. The number of allylic oxidation sites excluding steroid dienone is 21. The summed E-state index contributed by atoms with van der Waals surface area (Å²) in [6.45, 7) is 26.5. The molecule has 3 heterocycles. The number of rotatable bonds is 42. The standard InChI is InChI=1S/C72H118N2O17P2/c1-49(2)25-15-26-50(3)27-16-28-51(4)29-17-30-52(5)31-18-32-53(6)33-19-34-54(7)35-20-36-55(8)37-21-38-56(9)39-22-40-57(10)41-23-42-58(11)43-24-44-59(12)45-46-85-92(81,82)91-93(83,84)90-72-65-69(86-60(13)70(80)74-65)68(63(48-76)88-72)89-71-64(73-61(14)77)67(79)66(78)62(47-75)87-71/h25,27,29,31,33,35,37,39,41,43,45,60,62-69,71-72,75-76,78-79H,15-24,26,28,30,32,34,36,38,40,42,44,46-48H2,1-14H3,(H,73,77)(H,74,80)(H,81,82)(H,83,84)/p-2/b50-27+,51-29+,52-31-,53-33-,54-35-,55-37-,56-39-,57-41-,58-43-,59-45-/t60?,62-,63-,64-,65?,66-,67-,68-,69?,71-,72-/m1/s1. The number of hydrogen-bond donors (Lipinski definition) is 6. The number of carbonyl (C=O) groups excluding carboxylic acids is 2. The number of fused-ring (bicyclic) bond motifs is 1. The van der Waals surface area contributed by atoms with Crippen LogP contribution in [0.5, 0.6) is 0 Å². The van der Waals surface area contributed by atoms with Gasteiger partial charge in [0, 0.05) is 6.92 Å². The van der Waals surface area contributed by atoms with Gasteiger partial charge in [-0.2, -0.15) is 0 Å². The summed E-state index contributed by atoms with van der Waals surface area (Å²) in [4.78, 5) is 50.7. The Kier molecular flexibility index (Phi) is 39.4. The third-order valence-corrected chi connectivity index (χ3v) is 19.4. The van der Waals surface area contributed by atoms with Crippen LogP contribution >= 0.6 is 15.6 Å². The molecule has 0 saturated carbocycles. The first-order chi connectivity index (χ1) is 43.9. The average Bonchev–Trinajstić information content (AvgIpc) is 0.769. The van der Waals surface area contributed by atoms with Crippen LogP contribution in [0.15, 0.2) is 128 Å². The van der Waals surface area contributed by atoms with Gasteiger partial charge in [-0.1, -0.05) is 128 Å². The molecule has 0 aromatic rings. The van der Waals surface area contributed by atoms with Gasteiger partial charge in [-0.25, -0.2) is 4.31 Å². The zero-order chi connectivity index (χ0) is 69.3. The summed E-state index contributed by atoms with van der Waals surface area (Å²) in [7, 11) is -11.5. The van der Waals surface area contributed by atoms with Crippen LogP contribution in [-0.4, -0.2) is 119 Å². The van der Waals surface area contributed by atoms with Gasteiger partial charge in [-0.15, -0.1) is 0 Å². The quantitative estimate of drug-likeness (QED) is 0.0245. The molecule has 3 aliphatic rings. The highest BCUT2D eigenvalue weighted by atomic mass is 31.3. The smallest absolute Gasteiger partial charge is 0.276 e. The monoisotopic (exact) mass is 1340 g/mol. The van der Waals surface area contributed by atoms with Gasteiger partial charge < -0.3 is 64.3 Å². The number of phosphoric acid groups is 2. The Morgan fingerprint density at radius 2 is 0.849 bits per heavy atom. The predicted molar refractivity (Wildman–Crippen MR) is 365 cm³/mol. The van der Waals surface area contributed by atoms with Gasteiger partial charge in [0.25, 0.3) is 15.6 Å². The summed E-state index contributed by atoms with van der Waals surface area (Å²) >= 11 is 0. The molecule has 0 aromatic carbocycles. The molecule has 3 rings (SSSR count). The van der Waals surface area contributed by atoms with Gasteiger partial charge in [0.05, 0.1) is 19.8 Å². The normalized spacial score (nSPS) is 26.5. The van der Waals surface area contributed by atoms with Crippen molar-refractivity contribution >= 4 is 27.5 Å². The maximum absolute atomic E-state index is 13.1. The van der Waals surface area contributed by atoms with E-state index in [1.165, 1.54) is 68.7 Å². The minimum Gasteiger partial charge on any atom is -0.756 e. The van der Waals surface area contributed by atoms with E-state index in [0.29, 0.717) is 12.8 Å². The lowest BCUT2D eigenvalue weighted by atomic mass is 9.93. The molecule has 2 amide bonds. The van der Waals surface area contributed by atoms with Gasteiger partial charge in [0.1, 0.15) is 54.8 Å². The van der Waals surface area contributed by atoms with E-state index in [9.17, 15) is 48.9 Å². The number of phosphoric ester groups is 2. The SMILES string of the molecule is CC(=O)N[C@H]1[C@@H](O[C@H]2C3OC(C)C(=O)NC3[C@@H](OP(=O)([O-])OP(=O)([O-])OC/C=C(/C)CC/C=C(/C)CC/C=C(/C)CC/C=C(/C)CC/C=C(/C)CC/C=C(/C)CC/C=C(/C)CC/C=C(/C)CC/C=C(\C)CC/C=C(\C)CCC=C(C)C)O[C@@H]2CO)O[C@H](CO)[C@@H](O)[C@@H]1O. The van der Waals surface area contributed by atoms with E-state index in [2.05, 4.69) is 152 Å². The maximum Gasteiger partial charge on any atom is 0.276 e. The van der Waals surface area contributed by atoms with Crippen LogP contribution in [0.1, 0.15) is 225 Å². The fraction of sp³-hybridized carbons (Fsp3) is 0.667. The van der Waals surface area contributed by atoms with Gasteiger partial charge in [-0.05, 0) is 218 Å². The number of aliphatic hydroxyl groups excluding tert-OH is 4. The molecule has 3 fully saturated rings. The molecule has 0 spiro atoms. The molecule has 3 saturated heterocycles. The third-order valence-electron chi connectivity index (χ3n) is 16.9. The lowest BCUT2D eigenvalue weighted by Gasteiger charge is -2.51. The molecule has 0 aromatic heterocycles. The number of morpholine rings is 1. The Hall–Kier alpha value is -3.98. The van der Waals surface area contributed by atoms with E-state index in [1.54, 1.807) is 6.92 Å². The largest absolute Gasteiger partial charge is 0.756 e. The van der Waals surface area contributed by atoms with E-state index >= 15 is 0 Å². The Bertz CT molecular complexity index is 2790. The summed E-state index contributed by atoms with van der Waals surface area (Å²) in [5.41, 5.74) is 15.1. The van der Waals surface area contributed by atoms with E-state index in [-0.39, 0.29) is 0 Å². The van der Waals surface area contributed by atoms with Gasteiger partial charge in [0.15, 0.2) is 12.6 Å². The minimum absolute atomic E-state index is 0.541. The molecular weight excluding hydrogens is 1230 g/mol. The van der Waals surface area contributed by atoms with Crippen LogP contribution in [0.3, 0.4) is 0 Å². The molecule has 13 atom stereocenters. The van der Waals surface area contributed by atoms with E-state index < -0.39 is 115 Å². The molecule has 3 aliphatic heterocycles. The Balaban J connectivity index is 1.32. The molecule has 5 unspecified atom stereocenters. The summed E-state index contributed by atoms with van der Waals surface area (Å²) in [6.07, 6.45) is 31.9. The first-order valence-corrected chi connectivity index (χ1v) is 36.5. The molecule has 0 aliphatic carbocycles. The van der Waals surface area contributed by atoms with Crippen LogP contribution in [0.4, 0.5) is 0 Å². The van der Waals surface area contributed by atoms with Crippen LogP contribution in [0, 0.1) is 0 Å². The van der Waals surface area contributed by atoms with Crippen molar-refractivity contribution in [3.8, 4) is 0 Å². The summed E-state index contributed by atoms with van der Waals surface area (Å²) in [6, 6.07) is -2.98. The van der Waals surface area contributed by atoms with Gasteiger partial charge in [0.2, 0.25) is 11.8 Å². The number of ether oxygens (including phenoxy) is 4. The van der Waals surface area contributed by atoms with Gasteiger partial charge in [-0.3, -0.25) is 23.2 Å². The summed E-state index contributed by atoms with van der Waals surface area (Å²) in [5, 5.41) is 46.3.